The van der Waals surface area contributed by atoms with Gasteiger partial charge in [0.15, 0.2) is 0 Å². The highest BCUT2D eigenvalue weighted by Gasteiger charge is 2.13. The Morgan fingerprint density at radius 2 is 1.68 bits per heavy atom. The summed E-state index contributed by atoms with van der Waals surface area (Å²) in [5.41, 5.74) is 1.47. The predicted octanol–water partition coefficient (Wildman–Crippen LogP) is 4.33. The molecule has 0 heterocycles. The van der Waals surface area contributed by atoms with Gasteiger partial charge in [-0.15, -0.1) is 0 Å². The van der Waals surface area contributed by atoms with Crippen molar-refractivity contribution in [3.05, 3.63) is 83.7 Å². The quantitative estimate of drug-likeness (QED) is 0.776. The van der Waals surface area contributed by atoms with E-state index in [0.29, 0.717) is 12.1 Å². The van der Waals surface area contributed by atoms with Crippen molar-refractivity contribution in [1.29, 1.82) is 5.26 Å². The molecule has 0 spiro atoms. The molecule has 1 N–H and O–H groups in total. The van der Waals surface area contributed by atoms with Crippen LogP contribution in [0, 0.1) is 17.1 Å². The van der Waals surface area contributed by atoms with E-state index in [2.05, 4.69) is 11.4 Å². The van der Waals surface area contributed by atoms with Gasteiger partial charge in [0.2, 0.25) is 0 Å². The number of rotatable bonds is 4. The van der Waals surface area contributed by atoms with Gasteiger partial charge in [0.1, 0.15) is 11.9 Å². The number of benzene rings is 3. The van der Waals surface area contributed by atoms with Gasteiger partial charge in [-0.25, -0.2) is 4.39 Å². The molecule has 1 unspecified atom stereocenters. The Hall–Kier alpha value is -2.70. The second-order valence-electron chi connectivity index (χ2n) is 5.10. The smallest absolute Gasteiger partial charge is 0.127 e. The molecule has 0 saturated heterocycles. The molecule has 3 aromatic carbocycles. The van der Waals surface area contributed by atoms with Crippen LogP contribution in [0.3, 0.4) is 0 Å². The minimum atomic E-state index is -0.481. The van der Waals surface area contributed by atoms with E-state index in [4.69, 9.17) is 0 Å². The maximum absolute atomic E-state index is 13.7. The second-order valence-corrected chi connectivity index (χ2v) is 5.10. The number of nitrogens with one attached hydrogen (secondary N) is 1. The molecule has 0 aliphatic rings. The van der Waals surface area contributed by atoms with Gasteiger partial charge in [0.25, 0.3) is 0 Å². The Labute approximate surface area is 128 Å². The Morgan fingerprint density at radius 1 is 0.955 bits per heavy atom. The minimum Gasteiger partial charge on any atom is -0.294 e. The Morgan fingerprint density at radius 3 is 2.50 bits per heavy atom. The Bertz CT molecular complexity index is 831. The molecule has 3 heteroatoms. The maximum Gasteiger partial charge on any atom is 0.127 e. The average molecular weight is 290 g/mol. The van der Waals surface area contributed by atoms with Gasteiger partial charge in [0.05, 0.1) is 6.07 Å². The van der Waals surface area contributed by atoms with E-state index in [1.54, 1.807) is 18.2 Å². The lowest BCUT2D eigenvalue weighted by Gasteiger charge is -2.14. The van der Waals surface area contributed by atoms with Crippen LogP contribution in [-0.4, -0.2) is 0 Å². The summed E-state index contributed by atoms with van der Waals surface area (Å²) in [6.45, 7) is 0.314. The number of hydrogen-bond acceptors (Lipinski definition) is 2. The van der Waals surface area contributed by atoms with Crippen LogP contribution in [0.25, 0.3) is 10.8 Å². The molecule has 0 radical (unpaired) electrons. The zero-order valence-electron chi connectivity index (χ0n) is 12.0. The number of fused-ring (bicyclic) bond motifs is 1. The predicted molar refractivity (Wildman–Crippen MR) is 85.5 cm³/mol. The van der Waals surface area contributed by atoms with Crippen molar-refractivity contribution >= 4 is 10.8 Å². The first kappa shape index (κ1) is 14.2. The van der Waals surface area contributed by atoms with Gasteiger partial charge in [-0.1, -0.05) is 60.7 Å². The monoisotopic (exact) mass is 290 g/mol. The number of nitriles is 1. The van der Waals surface area contributed by atoms with E-state index in [1.807, 2.05) is 42.5 Å². The van der Waals surface area contributed by atoms with Crippen LogP contribution in [0.5, 0.6) is 0 Å². The molecule has 2 nitrogen and oxygen atoms in total. The molecule has 1 atom stereocenters. The van der Waals surface area contributed by atoms with Crippen molar-refractivity contribution in [2.45, 2.75) is 12.6 Å². The summed E-state index contributed by atoms with van der Waals surface area (Å²) in [6, 6.07) is 22.2. The molecule has 0 amide bonds. The van der Waals surface area contributed by atoms with Crippen molar-refractivity contribution in [2.24, 2.45) is 0 Å². The first-order chi connectivity index (χ1) is 10.8. The molecule has 0 aliphatic carbocycles. The van der Waals surface area contributed by atoms with Crippen LogP contribution in [0.4, 0.5) is 4.39 Å². The van der Waals surface area contributed by atoms with Crippen LogP contribution in [0.15, 0.2) is 66.7 Å². The summed E-state index contributed by atoms with van der Waals surface area (Å²) < 4.78 is 13.7. The molecule has 0 fully saturated rings. The molecule has 108 valence electrons. The van der Waals surface area contributed by atoms with Crippen molar-refractivity contribution < 1.29 is 4.39 Å². The zero-order valence-corrected chi connectivity index (χ0v) is 12.0. The van der Waals surface area contributed by atoms with Gasteiger partial charge in [-0.05, 0) is 22.4 Å². The van der Waals surface area contributed by atoms with Crippen molar-refractivity contribution in [1.82, 2.24) is 5.32 Å². The topological polar surface area (TPSA) is 35.8 Å². The maximum atomic E-state index is 13.7. The second kappa shape index (κ2) is 6.38. The minimum absolute atomic E-state index is 0.260. The first-order valence-corrected chi connectivity index (χ1v) is 7.13. The third-order valence-corrected chi connectivity index (χ3v) is 3.72. The average Bonchev–Trinajstić information content (AvgIpc) is 2.57. The van der Waals surface area contributed by atoms with Crippen molar-refractivity contribution in [3.63, 3.8) is 0 Å². The molecular formula is C19H15FN2. The summed E-state index contributed by atoms with van der Waals surface area (Å²) in [5.74, 6) is -0.260. The fraction of sp³-hybridized carbons (Fsp3) is 0.105. The number of hydrogen-bond donors (Lipinski definition) is 1. The van der Waals surface area contributed by atoms with Crippen LogP contribution in [-0.2, 0) is 6.54 Å². The Balaban J connectivity index is 1.88. The van der Waals surface area contributed by atoms with Crippen molar-refractivity contribution in [2.75, 3.05) is 0 Å². The molecule has 3 aromatic rings. The highest BCUT2D eigenvalue weighted by Crippen LogP contribution is 2.24. The highest BCUT2D eigenvalue weighted by molar-refractivity contribution is 5.86. The van der Waals surface area contributed by atoms with Crippen LogP contribution in [0.1, 0.15) is 17.2 Å². The molecule has 0 aromatic heterocycles. The van der Waals surface area contributed by atoms with E-state index in [1.165, 1.54) is 6.07 Å². The first-order valence-electron chi connectivity index (χ1n) is 7.13. The fourth-order valence-electron chi connectivity index (χ4n) is 2.58. The summed E-state index contributed by atoms with van der Waals surface area (Å²) >= 11 is 0. The third kappa shape index (κ3) is 2.83. The third-order valence-electron chi connectivity index (χ3n) is 3.72. The molecule has 3 rings (SSSR count). The zero-order chi connectivity index (χ0) is 15.4. The van der Waals surface area contributed by atoms with Crippen LogP contribution in [0.2, 0.25) is 0 Å². The van der Waals surface area contributed by atoms with Crippen molar-refractivity contribution in [3.8, 4) is 6.07 Å². The van der Waals surface area contributed by atoms with Crippen LogP contribution < -0.4 is 5.32 Å². The lowest BCUT2D eigenvalue weighted by atomic mass is 9.99. The normalized spacial score (nSPS) is 12.0. The number of halogens is 1. The summed E-state index contributed by atoms with van der Waals surface area (Å²) in [5, 5.41) is 14.7. The SMILES string of the molecule is N#CC(NCc1ccccc1F)c1cccc2ccccc12. The lowest BCUT2D eigenvalue weighted by Crippen LogP contribution is -2.20. The Kier molecular flexibility index (Phi) is 4.13. The van der Waals surface area contributed by atoms with E-state index in [0.717, 1.165) is 16.3 Å². The van der Waals surface area contributed by atoms with E-state index in [-0.39, 0.29) is 5.82 Å². The summed E-state index contributed by atoms with van der Waals surface area (Å²) in [7, 11) is 0. The standard InChI is InChI=1S/C19H15FN2/c20-18-11-4-2-7-15(18)13-22-19(12-21)17-10-5-8-14-6-1-3-9-16(14)17/h1-11,19,22H,13H2. The molecule has 22 heavy (non-hydrogen) atoms. The number of nitrogens with zero attached hydrogens (tertiary/aromatic N) is 1. The molecule has 0 bridgehead atoms. The van der Waals surface area contributed by atoms with Gasteiger partial charge in [-0.2, -0.15) is 5.26 Å². The van der Waals surface area contributed by atoms with Crippen LogP contribution >= 0.6 is 0 Å². The van der Waals surface area contributed by atoms with E-state index in [9.17, 15) is 9.65 Å². The lowest BCUT2D eigenvalue weighted by molar-refractivity contribution is 0.573. The summed E-state index contributed by atoms with van der Waals surface area (Å²) in [6.07, 6.45) is 0. The fourth-order valence-corrected chi connectivity index (χ4v) is 2.58. The summed E-state index contributed by atoms with van der Waals surface area (Å²) in [4.78, 5) is 0. The highest BCUT2D eigenvalue weighted by atomic mass is 19.1. The van der Waals surface area contributed by atoms with Gasteiger partial charge >= 0.3 is 0 Å². The van der Waals surface area contributed by atoms with Gasteiger partial charge in [0, 0.05) is 12.1 Å². The van der Waals surface area contributed by atoms with E-state index >= 15 is 0 Å². The molecular weight excluding hydrogens is 275 g/mol. The van der Waals surface area contributed by atoms with Gasteiger partial charge in [-0.3, -0.25) is 5.32 Å². The van der Waals surface area contributed by atoms with E-state index < -0.39 is 6.04 Å². The molecule has 0 saturated carbocycles. The van der Waals surface area contributed by atoms with Gasteiger partial charge < -0.3 is 0 Å². The molecule has 0 aliphatic heterocycles. The largest absolute Gasteiger partial charge is 0.294 e.